The molecule has 0 aromatic carbocycles. The normalized spacial score (nSPS) is 19.3. The molecule has 0 atom stereocenters. The number of nitrogens with zero attached hydrogens (tertiary/aromatic N) is 4. The first-order valence-corrected chi connectivity index (χ1v) is 7.58. The van der Waals surface area contributed by atoms with Crippen molar-refractivity contribution in [1.82, 2.24) is 19.6 Å². The maximum Gasteiger partial charge on any atom is 2.00 e. The van der Waals surface area contributed by atoms with Gasteiger partial charge in [0.05, 0.1) is 11.9 Å². The van der Waals surface area contributed by atoms with Crippen LogP contribution in [-0.4, -0.2) is 122 Å². The van der Waals surface area contributed by atoms with Gasteiger partial charge in [0.15, 0.2) is 0 Å². The summed E-state index contributed by atoms with van der Waals surface area (Å²) in [5.74, 6) is -2.12. The number of carbonyl (C=O) groups excluding carboxylic acids is 2. The molecule has 1 radical (unpaired) electrons. The van der Waals surface area contributed by atoms with Crippen LogP contribution in [0.4, 0.5) is 0 Å². The fourth-order valence-electron chi connectivity index (χ4n) is 2.38. The van der Waals surface area contributed by atoms with Crippen molar-refractivity contribution >= 4 is 11.9 Å². The zero-order valence-corrected chi connectivity index (χ0v) is 16.1. The molecule has 1 heterocycles. The third kappa shape index (κ3) is 14.1. The Morgan fingerprint density at radius 2 is 0.920 bits per heavy atom. The minimum Gasteiger partial charge on any atom is -0.549 e. The van der Waals surface area contributed by atoms with E-state index in [1.54, 1.807) is 0 Å². The van der Waals surface area contributed by atoms with Gasteiger partial charge in [0.1, 0.15) is 0 Å². The van der Waals surface area contributed by atoms with Crippen LogP contribution < -0.4 is 10.2 Å². The molecule has 0 aliphatic carbocycles. The first-order chi connectivity index (χ1) is 10.4. The second-order valence-electron chi connectivity index (χ2n) is 5.90. The topological polar surface area (TPSA) is 156 Å². The molecule has 11 heteroatoms. The first-order valence-electron chi connectivity index (χ1n) is 7.58. The third-order valence-electron chi connectivity index (χ3n) is 3.90. The average molecular weight is 405 g/mol. The van der Waals surface area contributed by atoms with Crippen LogP contribution in [0.15, 0.2) is 0 Å². The van der Waals surface area contributed by atoms with E-state index in [0.29, 0.717) is 26.2 Å². The summed E-state index contributed by atoms with van der Waals surface area (Å²) >= 11 is 0. The van der Waals surface area contributed by atoms with Crippen LogP contribution in [0, 0.1) is 0 Å². The van der Waals surface area contributed by atoms with E-state index in [4.69, 9.17) is 0 Å². The van der Waals surface area contributed by atoms with E-state index in [-0.39, 0.29) is 41.1 Å². The number of hydrogen-bond donors (Lipinski definition) is 0. The predicted octanol–water partition coefficient (Wildman–Crippen LogP) is -5.68. The minimum atomic E-state index is -1.06. The van der Waals surface area contributed by atoms with Crippen LogP contribution in [0.1, 0.15) is 0 Å². The number of hydrogen-bond acceptors (Lipinski definition) is 8. The van der Waals surface area contributed by atoms with Crippen molar-refractivity contribution < 1.29 is 47.8 Å². The molecule has 0 amide bonds. The zero-order valence-electron chi connectivity index (χ0n) is 14.9. The number of carboxylic acids is 2. The molecule has 0 bridgehead atoms. The van der Waals surface area contributed by atoms with Crippen molar-refractivity contribution in [3.63, 3.8) is 0 Å². The number of carbonyl (C=O) groups is 2. The summed E-state index contributed by atoms with van der Waals surface area (Å²) in [4.78, 5) is 29.5. The van der Waals surface area contributed by atoms with Gasteiger partial charge in [-0.3, -0.25) is 9.80 Å². The second-order valence-corrected chi connectivity index (χ2v) is 5.90. The fourth-order valence-corrected chi connectivity index (χ4v) is 2.38. The van der Waals surface area contributed by atoms with Gasteiger partial charge in [-0.1, -0.05) is 0 Å². The number of rotatable bonds is 4. The molecule has 4 N–H and O–H groups in total. The zero-order chi connectivity index (χ0) is 16.5. The van der Waals surface area contributed by atoms with E-state index < -0.39 is 11.9 Å². The summed E-state index contributed by atoms with van der Waals surface area (Å²) in [7, 11) is 3.90. The Labute approximate surface area is 159 Å². The predicted molar refractivity (Wildman–Crippen MR) is 85.1 cm³/mol. The summed E-state index contributed by atoms with van der Waals surface area (Å²) < 4.78 is 0. The average Bonchev–Trinajstić information content (AvgIpc) is 2.42. The maximum absolute atomic E-state index is 10.8. The van der Waals surface area contributed by atoms with E-state index in [2.05, 4.69) is 9.80 Å². The van der Waals surface area contributed by atoms with Crippen molar-refractivity contribution in [3.05, 3.63) is 0 Å². The molecule has 1 rings (SSSR count). The minimum absolute atomic E-state index is 0. The van der Waals surface area contributed by atoms with E-state index in [0.717, 1.165) is 26.2 Å². The van der Waals surface area contributed by atoms with Crippen molar-refractivity contribution in [2.45, 2.75) is 0 Å². The summed E-state index contributed by atoms with van der Waals surface area (Å²) in [5, 5.41) is 21.6. The molecule has 1 aliphatic heterocycles. The molecule has 0 saturated carbocycles. The SMILES string of the molecule is CN1CCN(CC(=O)[O-])CCN(C)CCN(CC(=O)[O-])CC1.O.O.[Mn+2]. The van der Waals surface area contributed by atoms with Crippen LogP contribution in [0.3, 0.4) is 0 Å². The van der Waals surface area contributed by atoms with E-state index in [1.165, 1.54) is 0 Å². The third-order valence-corrected chi connectivity index (χ3v) is 3.90. The van der Waals surface area contributed by atoms with Crippen molar-refractivity contribution in [3.8, 4) is 0 Å². The molecule has 1 aliphatic rings. The monoisotopic (exact) mass is 405 g/mol. The molecule has 0 aromatic heterocycles. The summed E-state index contributed by atoms with van der Waals surface area (Å²) in [5.41, 5.74) is 0. The number of likely N-dealkylation sites (N-methyl/N-ethyl adjacent to an activating group) is 2. The molecule has 0 unspecified atom stereocenters. The number of carboxylic acid groups (broad SMARTS) is 2. The van der Waals surface area contributed by atoms with Gasteiger partial charge < -0.3 is 40.6 Å². The Morgan fingerprint density at radius 1 is 0.680 bits per heavy atom. The standard InChI is InChI=1S/C14H28N4O4.Mn.2H2O/c1-15-3-7-17(11-13(19)20)9-5-16(2)6-10-18(8-4-15)12-14(21)22;;;/h3-12H2,1-2H3,(H,19,20)(H,21,22);;2*1H2/q;+2;;/p-2. The molecule has 0 spiro atoms. The summed E-state index contributed by atoms with van der Waals surface area (Å²) in [6, 6.07) is 0. The molecule has 25 heavy (non-hydrogen) atoms. The molecule has 0 aromatic rings. The van der Waals surface area contributed by atoms with Gasteiger partial charge in [-0.2, -0.15) is 0 Å². The van der Waals surface area contributed by atoms with Gasteiger partial charge in [-0.05, 0) is 14.1 Å². The molecule has 10 nitrogen and oxygen atoms in total. The molecule has 1 fully saturated rings. The van der Waals surface area contributed by atoms with Crippen molar-refractivity contribution in [1.29, 1.82) is 0 Å². The van der Waals surface area contributed by atoms with Gasteiger partial charge in [0.25, 0.3) is 0 Å². The Kier molecular flexibility index (Phi) is 17.9. The van der Waals surface area contributed by atoms with Gasteiger partial charge in [-0.25, -0.2) is 0 Å². The van der Waals surface area contributed by atoms with E-state index in [1.807, 2.05) is 23.9 Å². The quantitative estimate of drug-likeness (QED) is 0.419. The summed E-state index contributed by atoms with van der Waals surface area (Å²) in [6.45, 7) is 5.42. The van der Waals surface area contributed by atoms with Gasteiger partial charge in [-0.15, -0.1) is 0 Å². The van der Waals surface area contributed by atoms with E-state index >= 15 is 0 Å². The van der Waals surface area contributed by atoms with Gasteiger partial charge >= 0.3 is 17.1 Å². The Hall–Kier alpha value is -0.781. The Morgan fingerprint density at radius 3 is 1.12 bits per heavy atom. The molecular formula is C14H30MnN4O6. The fraction of sp³-hybridized carbons (Fsp3) is 0.857. The maximum atomic E-state index is 10.8. The van der Waals surface area contributed by atoms with Crippen molar-refractivity contribution in [2.75, 3.05) is 79.5 Å². The smallest absolute Gasteiger partial charge is 0.549 e. The van der Waals surface area contributed by atoms with Gasteiger partial charge in [0, 0.05) is 65.4 Å². The summed E-state index contributed by atoms with van der Waals surface area (Å²) in [6.07, 6.45) is 0. The molecule has 149 valence electrons. The second kappa shape index (κ2) is 15.5. The van der Waals surface area contributed by atoms with Crippen molar-refractivity contribution in [2.24, 2.45) is 0 Å². The van der Waals surface area contributed by atoms with E-state index in [9.17, 15) is 19.8 Å². The Balaban J connectivity index is -0.00000161. The largest absolute Gasteiger partial charge is 2.00 e. The van der Waals surface area contributed by atoms with Crippen LogP contribution >= 0.6 is 0 Å². The van der Waals surface area contributed by atoms with Crippen LogP contribution in [-0.2, 0) is 26.7 Å². The van der Waals surface area contributed by atoms with Crippen LogP contribution in [0.25, 0.3) is 0 Å². The molecule has 1 saturated heterocycles. The molecular weight excluding hydrogens is 375 g/mol. The number of aliphatic carboxylic acids is 2. The van der Waals surface area contributed by atoms with Crippen LogP contribution in [0.2, 0.25) is 0 Å². The van der Waals surface area contributed by atoms with Crippen LogP contribution in [0.5, 0.6) is 0 Å². The Bertz CT molecular complexity index is 327. The first kappa shape index (κ1) is 29.0. The van der Waals surface area contributed by atoms with Gasteiger partial charge in [0.2, 0.25) is 0 Å².